The summed E-state index contributed by atoms with van der Waals surface area (Å²) in [5.41, 5.74) is 1.02. The lowest BCUT2D eigenvalue weighted by atomic mass is 9.95. The molecule has 0 atom stereocenters. The van der Waals surface area contributed by atoms with Gasteiger partial charge in [-0.05, 0) is 38.9 Å². The largest absolute Gasteiger partial charge is 0.339 e. The Kier molecular flexibility index (Phi) is 6.55. The van der Waals surface area contributed by atoms with Gasteiger partial charge in [0.1, 0.15) is 0 Å². The van der Waals surface area contributed by atoms with Gasteiger partial charge in [0.2, 0.25) is 15.9 Å². The minimum absolute atomic E-state index is 0.0510. The van der Waals surface area contributed by atoms with Crippen LogP contribution < -0.4 is 0 Å². The Hall–Kier alpha value is -1.44. The minimum atomic E-state index is -3.69. The maximum atomic E-state index is 13.4. The highest BCUT2D eigenvalue weighted by molar-refractivity contribution is 7.89. The van der Waals surface area contributed by atoms with E-state index in [1.54, 1.807) is 17.0 Å². The molecule has 1 aromatic rings. The maximum absolute atomic E-state index is 13.4. The number of likely N-dealkylation sites (N-methyl/N-ethyl adjacent to an activating group) is 1. The Morgan fingerprint density at radius 3 is 2.22 bits per heavy atom. The summed E-state index contributed by atoms with van der Waals surface area (Å²) in [7, 11) is -1.65. The number of benzene rings is 1. The number of nitrogens with zero attached hydrogens (tertiary/aromatic N) is 3. The third-order valence-corrected chi connectivity index (χ3v) is 7.67. The molecule has 0 aromatic heterocycles. The molecule has 0 bridgehead atoms. The Morgan fingerprint density at radius 1 is 1.04 bits per heavy atom. The van der Waals surface area contributed by atoms with Crippen molar-refractivity contribution in [2.75, 3.05) is 39.8 Å². The molecule has 3 rings (SSSR count). The second-order valence-corrected chi connectivity index (χ2v) is 9.73. The van der Waals surface area contributed by atoms with Crippen LogP contribution in [0.25, 0.3) is 0 Å². The number of hydrogen-bond donors (Lipinski definition) is 0. The molecule has 1 amide bonds. The zero-order valence-corrected chi connectivity index (χ0v) is 17.2. The Balaban J connectivity index is 1.82. The molecule has 1 aromatic carbocycles. The van der Waals surface area contributed by atoms with Gasteiger partial charge >= 0.3 is 0 Å². The van der Waals surface area contributed by atoms with E-state index >= 15 is 0 Å². The molecule has 27 heavy (non-hydrogen) atoms. The van der Waals surface area contributed by atoms with Gasteiger partial charge in [-0.15, -0.1) is 0 Å². The van der Waals surface area contributed by atoms with Crippen LogP contribution in [-0.4, -0.2) is 74.2 Å². The van der Waals surface area contributed by atoms with Crippen LogP contribution in [0.5, 0.6) is 0 Å². The van der Waals surface area contributed by atoms with E-state index in [4.69, 9.17) is 0 Å². The summed E-state index contributed by atoms with van der Waals surface area (Å²) in [5.74, 6) is -0.0793. The van der Waals surface area contributed by atoms with Crippen molar-refractivity contribution in [3.05, 3.63) is 29.8 Å². The Morgan fingerprint density at radius 2 is 1.63 bits per heavy atom. The average molecular weight is 394 g/mol. The summed E-state index contributed by atoms with van der Waals surface area (Å²) in [5, 5.41) is 0. The highest BCUT2D eigenvalue weighted by Gasteiger charge is 2.35. The standard InChI is InChI=1S/C20H31N3O3S/c1-17-8-10-19(11-9-17)27(25,26)23(18-6-4-3-5-7-18)16-20(24)22-14-12-21(2)13-15-22/h8-11,18H,3-7,12-16H2,1-2H3. The van der Waals surface area contributed by atoms with Crippen molar-refractivity contribution in [3.63, 3.8) is 0 Å². The van der Waals surface area contributed by atoms with Crippen LogP contribution in [0.1, 0.15) is 37.7 Å². The lowest BCUT2D eigenvalue weighted by Gasteiger charge is -2.36. The predicted octanol–water partition coefficient (Wildman–Crippen LogP) is 2.09. The first-order valence-corrected chi connectivity index (χ1v) is 11.4. The van der Waals surface area contributed by atoms with Gasteiger partial charge in [-0.1, -0.05) is 37.0 Å². The highest BCUT2D eigenvalue weighted by Crippen LogP contribution is 2.28. The fourth-order valence-electron chi connectivity index (χ4n) is 3.91. The van der Waals surface area contributed by atoms with Gasteiger partial charge in [-0.3, -0.25) is 4.79 Å². The van der Waals surface area contributed by atoms with Crippen LogP contribution in [0.3, 0.4) is 0 Å². The van der Waals surface area contributed by atoms with Crippen molar-refractivity contribution in [3.8, 4) is 0 Å². The zero-order chi connectivity index (χ0) is 19.4. The van der Waals surface area contributed by atoms with E-state index in [0.29, 0.717) is 13.1 Å². The third-order valence-electron chi connectivity index (χ3n) is 5.76. The molecule has 0 unspecified atom stereocenters. The number of piperazine rings is 1. The average Bonchev–Trinajstić information content (AvgIpc) is 2.67. The molecule has 0 N–H and O–H groups in total. The lowest BCUT2D eigenvalue weighted by Crippen LogP contribution is -2.52. The Bertz CT molecular complexity index is 734. The monoisotopic (exact) mass is 393 g/mol. The number of sulfonamides is 1. The summed E-state index contributed by atoms with van der Waals surface area (Å²) >= 11 is 0. The van der Waals surface area contributed by atoms with Gasteiger partial charge in [0.25, 0.3) is 0 Å². The van der Waals surface area contributed by atoms with Crippen molar-refractivity contribution >= 4 is 15.9 Å². The summed E-state index contributed by atoms with van der Waals surface area (Å²) < 4.78 is 28.2. The fourth-order valence-corrected chi connectivity index (χ4v) is 5.55. The van der Waals surface area contributed by atoms with E-state index in [1.807, 2.05) is 26.1 Å². The van der Waals surface area contributed by atoms with Gasteiger partial charge in [0, 0.05) is 32.2 Å². The quantitative estimate of drug-likeness (QED) is 0.769. The smallest absolute Gasteiger partial charge is 0.243 e. The van der Waals surface area contributed by atoms with Crippen molar-refractivity contribution < 1.29 is 13.2 Å². The molecule has 0 radical (unpaired) electrons. The molecule has 1 aliphatic heterocycles. The number of carbonyl (C=O) groups excluding carboxylic acids is 1. The highest BCUT2D eigenvalue weighted by atomic mass is 32.2. The molecular weight excluding hydrogens is 362 g/mol. The molecule has 1 heterocycles. The first-order chi connectivity index (χ1) is 12.9. The van der Waals surface area contributed by atoms with E-state index < -0.39 is 10.0 Å². The van der Waals surface area contributed by atoms with E-state index in [0.717, 1.165) is 50.8 Å². The molecule has 1 saturated heterocycles. The second kappa shape index (κ2) is 8.71. The van der Waals surface area contributed by atoms with Crippen molar-refractivity contribution in [1.29, 1.82) is 0 Å². The van der Waals surface area contributed by atoms with Gasteiger partial charge in [0.05, 0.1) is 11.4 Å². The predicted molar refractivity (Wildman–Crippen MR) is 106 cm³/mol. The van der Waals surface area contributed by atoms with Crippen LogP contribution in [0.2, 0.25) is 0 Å². The first-order valence-electron chi connectivity index (χ1n) is 9.93. The van der Waals surface area contributed by atoms with E-state index in [2.05, 4.69) is 4.90 Å². The molecule has 0 spiro atoms. The van der Waals surface area contributed by atoms with E-state index in [-0.39, 0.29) is 23.4 Å². The van der Waals surface area contributed by atoms with Crippen LogP contribution >= 0.6 is 0 Å². The number of amides is 1. The minimum Gasteiger partial charge on any atom is -0.339 e. The summed E-state index contributed by atoms with van der Waals surface area (Å²) in [4.78, 5) is 17.2. The lowest BCUT2D eigenvalue weighted by molar-refractivity contribution is -0.133. The van der Waals surface area contributed by atoms with Crippen molar-refractivity contribution in [2.45, 2.75) is 50.0 Å². The van der Waals surface area contributed by atoms with Crippen LogP contribution in [-0.2, 0) is 14.8 Å². The molecule has 7 heteroatoms. The summed E-state index contributed by atoms with van der Waals surface area (Å²) in [6.45, 7) is 4.88. The normalized spacial score (nSPS) is 20.2. The second-order valence-electron chi connectivity index (χ2n) is 7.84. The van der Waals surface area contributed by atoms with Crippen LogP contribution in [0.4, 0.5) is 0 Å². The fraction of sp³-hybridized carbons (Fsp3) is 0.650. The molecule has 2 aliphatic rings. The van der Waals surface area contributed by atoms with Crippen molar-refractivity contribution in [1.82, 2.24) is 14.1 Å². The SMILES string of the molecule is Cc1ccc(S(=O)(=O)N(CC(=O)N2CCN(C)CC2)C2CCCCC2)cc1. The molecule has 150 valence electrons. The summed E-state index contributed by atoms with van der Waals surface area (Å²) in [6.07, 6.45) is 4.85. The topological polar surface area (TPSA) is 60.9 Å². The zero-order valence-electron chi connectivity index (χ0n) is 16.4. The number of hydrogen-bond acceptors (Lipinski definition) is 4. The first kappa shape index (κ1) is 20.3. The molecular formula is C20H31N3O3S. The van der Waals surface area contributed by atoms with Gasteiger partial charge in [-0.25, -0.2) is 8.42 Å². The van der Waals surface area contributed by atoms with Crippen molar-refractivity contribution in [2.24, 2.45) is 0 Å². The Labute approximate surface area is 163 Å². The van der Waals surface area contributed by atoms with E-state index in [9.17, 15) is 13.2 Å². The number of rotatable bonds is 5. The van der Waals surface area contributed by atoms with Crippen LogP contribution in [0.15, 0.2) is 29.2 Å². The molecule has 1 aliphatic carbocycles. The number of carbonyl (C=O) groups is 1. The van der Waals surface area contributed by atoms with E-state index in [1.165, 1.54) is 4.31 Å². The van der Waals surface area contributed by atoms with Gasteiger partial charge < -0.3 is 9.80 Å². The molecule has 1 saturated carbocycles. The maximum Gasteiger partial charge on any atom is 0.243 e. The van der Waals surface area contributed by atoms with Gasteiger partial charge in [-0.2, -0.15) is 4.31 Å². The molecule has 6 nitrogen and oxygen atoms in total. The molecule has 2 fully saturated rings. The summed E-state index contributed by atoms with van der Waals surface area (Å²) in [6, 6.07) is 6.85. The third kappa shape index (κ3) is 4.89. The van der Waals surface area contributed by atoms with Crippen LogP contribution in [0, 0.1) is 6.92 Å². The van der Waals surface area contributed by atoms with Gasteiger partial charge in [0.15, 0.2) is 0 Å². The number of aryl methyl sites for hydroxylation is 1.